The standard InChI is InChI=1S/C28H24NO/c1-5-9-20-19(6-2)12-14-22-21(20)15-16-23-24-13-11-18(3)26(28(24)30-27(22)23)25-10-7-8-17-29(25)4/h5-17H,2H2,1,3-4H3/q+1/b9-5-. The fraction of sp³-hybridized carbons (Fsp3) is 0.107. The molecule has 30 heavy (non-hydrogen) atoms. The minimum atomic E-state index is 0.939. The molecule has 0 spiro atoms. The van der Waals surface area contributed by atoms with E-state index in [1.165, 1.54) is 16.5 Å². The number of benzene rings is 3. The van der Waals surface area contributed by atoms with Crippen LogP contribution in [0.4, 0.5) is 0 Å². The summed E-state index contributed by atoms with van der Waals surface area (Å²) >= 11 is 0. The zero-order chi connectivity index (χ0) is 20.8. The van der Waals surface area contributed by atoms with Gasteiger partial charge in [0.15, 0.2) is 6.20 Å². The van der Waals surface area contributed by atoms with Gasteiger partial charge in [0.05, 0.1) is 5.56 Å². The first-order valence-corrected chi connectivity index (χ1v) is 10.3. The third-order valence-electron chi connectivity index (χ3n) is 5.95. The highest BCUT2D eigenvalue weighted by atomic mass is 16.3. The number of hydrogen-bond donors (Lipinski definition) is 0. The molecule has 0 amide bonds. The second-order valence-corrected chi connectivity index (χ2v) is 7.74. The highest BCUT2D eigenvalue weighted by Gasteiger charge is 2.21. The van der Waals surface area contributed by atoms with Crippen LogP contribution in [0.2, 0.25) is 0 Å². The molecule has 5 rings (SSSR count). The third-order valence-corrected chi connectivity index (χ3v) is 5.95. The smallest absolute Gasteiger partial charge is 0.216 e. The Morgan fingerprint density at radius 1 is 0.867 bits per heavy atom. The van der Waals surface area contributed by atoms with E-state index >= 15 is 0 Å². The van der Waals surface area contributed by atoms with Crippen LogP contribution in [0, 0.1) is 6.92 Å². The number of fused-ring (bicyclic) bond motifs is 5. The summed E-state index contributed by atoms with van der Waals surface area (Å²) in [5.74, 6) is 0. The summed E-state index contributed by atoms with van der Waals surface area (Å²) in [6, 6.07) is 19.3. The molecule has 0 N–H and O–H groups in total. The molecule has 0 unspecified atom stereocenters. The van der Waals surface area contributed by atoms with Gasteiger partial charge in [0.1, 0.15) is 18.2 Å². The van der Waals surface area contributed by atoms with Crippen molar-refractivity contribution in [2.24, 2.45) is 7.05 Å². The average Bonchev–Trinajstić information content (AvgIpc) is 3.13. The zero-order valence-corrected chi connectivity index (χ0v) is 17.6. The van der Waals surface area contributed by atoms with Gasteiger partial charge < -0.3 is 4.42 Å². The van der Waals surface area contributed by atoms with E-state index in [0.29, 0.717) is 0 Å². The van der Waals surface area contributed by atoms with Crippen molar-refractivity contribution in [1.82, 2.24) is 0 Å². The first-order valence-electron chi connectivity index (χ1n) is 10.3. The van der Waals surface area contributed by atoms with Crippen molar-refractivity contribution < 1.29 is 8.98 Å². The van der Waals surface area contributed by atoms with E-state index in [9.17, 15) is 0 Å². The van der Waals surface area contributed by atoms with Crippen LogP contribution in [0.15, 0.2) is 77.9 Å². The van der Waals surface area contributed by atoms with Gasteiger partial charge in [-0.2, -0.15) is 0 Å². The predicted molar refractivity (Wildman–Crippen MR) is 127 cm³/mol. The Hall–Kier alpha value is -3.65. The summed E-state index contributed by atoms with van der Waals surface area (Å²) in [6.07, 6.45) is 8.20. The quantitative estimate of drug-likeness (QED) is 0.297. The number of aryl methyl sites for hydroxylation is 2. The second-order valence-electron chi connectivity index (χ2n) is 7.74. The Morgan fingerprint density at radius 2 is 1.57 bits per heavy atom. The minimum Gasteiger partial charge on any atom is -0.454 e. The van der Waals surface area contributed by atoms with Crippen molar-refractivity contribution in [1.29, 1.82) is 0 Å². The van der Waals surface area contributed by atoms with Crippen molar-refractivity contribution >= 4 is 44.9 Å². The lowest BCUT2D eigenvalue weighted by Crippen LogP contribution is -2.30. The van der Waals surface area contributed by atoms with E-state index in [4.69, 9.17) is 4.42 Å². The molecule has 5 aromatic rings. The fourth-order valence-electron chi connectivity index (χ4n) is 4.47. The zero-order valence-electron chi connectivity index (χ0n) is 17.6. The Morgan fingerprint density at radius 3 is 2.33 bits per heavy atom. The largest absolute Gasteiger partial charge is 0.454 e. The van der Waals surface area contributed by atoms with Gasteiger partial charge in [-0.25, -0.2) is 4.57 Å². The lowest BCUT2D eigenvalue weighted by atomic mass is 9.96. The van der Waals surface area contributed by atoms with Gasteiger partial charge in [0.25, 0.3) is 0 Å². The molecule has 2 heteroatoms. The maximum absolute atomic E-state index is 6.63. The highest BCUT2D eigenvalue weighted by molar-refractivity contribution is 6.18. The number of aromatic nitrogens is 1. The third kappa shape index (κ3) is 2.61. The van der Waals surface area contributed by atoms with Crippen molar-refractivity contribution in [3.05, 3.63) is 90.1 Å². The second kappa shape index (κ2) is 7.00. The Balaban J connectivity index is 1.93. The topological polar surface area (TPSA) is 17.0 Å². The lowest BCUT2D eigenvalue weighted by molar-refractivity contribution is -0.660. The molecule has 0 fully saturated rings. The predicted octanol–water partition coefficient (Wildman–Crippen LogP) is 7.22. The Kier molecular flexibility index (Phi) is 4.29. The van der Waals surface area contributed by atoms with Crippen molar-refractivity contribution in [3.63, 3.8) is 0 Å². The molecule has 0 bridgehead atoms. The van der Waals surface area contributed by atoms with Crippen molar-refractivity contribution in [2.75, 3.05) is 0 Å². The summed E-state index contributed by atoms with van der Waals surface area (Å²) in [5.41, 5.74) is 7.69. The van der Waals surface area contributed by atoms with Gasteiger partial charge in [0, 0.05) is 28.3 Å². The van der Waals surface area contributed by atoms with Gasteiger partial charge in [-0.1, -0.05) is 49.1 Å². The number of nitrogens with zero attached hydrogens (tertiary/aromatic N) is 1. The number of hydrogen-bond acceptors (Lipinski definition) is 1. The average molecular weight is 391 g/mol. The monoisotopic (exact) mass is 390 g/mol. The van der Waals surface area contributed by atoms with Crippen LogP contribution in [0.25, 0.3) is 56.1 Å². The first-order chi connectivity index (χ1) is 14.6. The summed E-state index contributed by atoms with van der Waals surface area (Å²) in [7, 11) is 2.08. The number of pyridine rings is 1. The van der Waals surface area contributed by atoms with Crippen LogP contribution in [0.5, 0.6) is 0 Å². The molecule has 0 saturated carbocycles. The maximum atomic E-state index is 6.63. The molecule has 0 aliphatic heterocycles. The molecule has 2 heterocycles. The molecule has 0 saturated heterocycles. The summed E-state index contributed by atoms with van der Waals surface area (Å²) in [4.78, 5) is 0. The Labute approximate surface area is 176 Å². The van der Waals surface area contributed by atoms with Crippen LogP contribution in [0.1, 0.15) is 23.6 Å². The fourth-order valence-corrected chi connectivity index (χ4v) is 4.47. The SMILES string of the molecule is C=Cc1ccc2c(ccc3c4ccc(C)c(-c5cccc[n+]5C)c4oc23)c1/C=C\C. The van der Waals surface area contributed by atoms with E-state index in [1.54, 1.807) is 0 Å². The minimum absolute atomic E-state index is 0.939. The summed E-state index contributed by atoms with van der Waals surface area (Å²) < 4.78 is 8.78. The number of rotatable bonds is 3. The normalized spacial score (nSPS) is 11.8. The van der Waals surface area contributed by atoms with Gasteiger partial charge in [0.2, 0.25) is 5.69 Å². The highest BCUT2D eigenvalue weighted by Crippen LogP contribution is 2.40. The van der Waals surface area contributed by atoms with Crippen LogP contribution in [-0.2, 0) is 7.05 Å². The molecule has 3 aromatic carbocycles. The summed E-state index contributed by atoms with van der Waals surface area (Å²) in [5, 5.41) is 4.61. The van der Waals surface area contributed by atoms with Crippen molar-refractivity contribution in [2.45, 2.75) is 13.8 Å². The lowest BCUT2D eigenvalue weighted by Gasteiger charge is -2.07. The van der Waals surface area contributed by atoms with E-state index in [-0.39, 0.29) is 0 Å². The molecular weight excluding hydrogens is 366 g/mol. The van der Waals surface area contributed by atoms with E-state index in [2.05, 4.69) is 92.0 Å². The Bertz CT molecular complexity index is 1480. The molecule has 0 aliphatic rings. The van der Waals surface area contributed by atoms with Crippen LogP contribution >= 0.6 is 0 Å². The van der Waals surface area contributed by atoms with Gasteiger partial charge in [-0.15, -0.1) is 0 Å². The van der Waals surface area contributed by atoms with Gasteiger partial charge >= 0.3 is 0 Å². The molecule has 0 atom stereocenters. The molecule has 2 aromatic heterocycles. The van der Waals surface area contributed by atoms with Crippen LogP contribution < -0.4 is 4.57 Å². The van der Waals surface area contributed by atoms with E-state index in [0.717, 1.165) is 44.1 Å². The molecule has 2 nitrogen and oxygen atoms in total. The maximum Gasteiger partial charge on any atom is 0.216 e. The number of allylic oxidation sites excluding steroid dienone is 1. The molecule has 0 radical (unpaired) electrons. The molecule has 0 aliphatic carbocycles. The van der Waals surface area contributed by atoms with E-state index in [1.807, 2.05) is 19.1 Å². The molecule has 146 valence electrons. The van der Waals surface area contributed by atoms with E-state index < -0.39 is 0 Å². The van der Waals surface area contributed by atoms with Gasteiger partial charge in [-0.3, -0.25) is 0 Å². The molecular formula is C28H24NO+. The van der Waals surface area contributed by atoms with Crippen molar-refractivity contribution in [3.8, 4) is 11.3 Å². The van der Waals surface area contributed by atoms with Crippen LogP contribution in [-0.4, -0.2) is 0 Å². The van der Waals surface area contributed by atoms with Crippen LogP contribution in [0.3, 0.4) is 0 Å². The first kappa shape index (κ1) is 18.4. The summed E-state index contributed by atoms with van der Waals surface area (Å²) in [6.45, 7) is 8.17. The number of furan rings is 1. The van der Waals surface area contributed by atoms with Gasteiger partial charge in [-0.05, 0) is 54.1 Å².